The van der Waals surface area contributed by atoms with Crippen molar-refractivity contribution >= 4 is 59.5 Å². The second-order valence-electron chi connectivity index (χ2n) is 9.37. The Morgan fingerprint density at radius 2 is 1.95 bits per heavy atom. The normalized spacial score (nSPS) is 12.4. The summed E-state index contributed by atoms with van der Waals surface area (Å²) >= 11 is 5.04. The lowest BCUT2D eigenvalue weighted by Gasteiger charge is -2.12. The molecule has 13 heteroatoms. The molecule has 0 aliphatic rings. The Kier molecular flexibility index (Phi) is 8.88. The number of fused-ring (bicyclic) bond motifs is 1. The zero-order valence-electron chi connectivity index (χ0n) is 22.1. The predicted octanol–water partition coefficient (Wildman–Crippen LogP) is 6.07. The van der Waals surface area contributed by atoms with Crippen LogP contribution in [0.1, 0.15) is 23.5 Å². The number of ether oxygens (including phenoxy) is 1. The number of thiazole rings is 1. The van der Waals surface area contributed by atoms with E-state index in [2.05, 4.69) is 41.5 Å². The molecule has 5 rings (SSSR count). The van der Waals surface area contributed by atoms with E-state index in [1.165, 1.54) is 36.1 Å². The number of anilines is 2. The largest absolute Gasteiger partial charge is 0.488 e. The van der Waals surface area contributed by atoms with Gasteiger partial charge >= 0.3 is 0 Å². The molecule has 0 radical (unpaired) electrons. The van der Waals surface area contributed by atoms with Gasteiger partial charge in [0.05, 0.1) is 39.4 Å². The SMILES string of the molecule is CC(NCCS(C)(=O)=O)c1nc(-c2cc3c(Nc4ccc(OCc5cccc(F)c5)c(Br)c4)ncnc3cn2)cs1. The van der Waals surface area contributed by atoms with Crippen molar-refractivity contribution in [2.45, 2.75) is 19.6 Å². The first-order valence-electron chi connectivity index (χ1n) is 12.6. The first-order valence-corrected chi connectivity index (χ1v) is 16.3. The molecule has 9 nitrogen and oxygen atoms in total. The summed E-state index contributed by atoms with van der Waals surface area (Å²) in [5, 5.41) is 10.1. The van der Waals surface area contributed by atoms with Crippen molar-refractivity contribution in [3.63, 3.8) is 0 Å². The van der Waals surface area contributed by atoms with Crippen LogP contribution in [0.15, 0.2) is 70.9 Å². The average molecular weight is 658 g/mol. The molecule has 0 amide bonds. The molecule has 0 saturated carbocycles. The molecule has 212 valence electrons. The van der Waals surface area contributed by atoms with E-state index in [1.807, 2.05) is 42.6 Å². The fourth-order valence-corrected chi connectivity index (χ4v) is 5.80. The molecule has 2 aromatic carbocycles. The predicted molar refractivity (Wildman–Crippen MR) is 163 cm³/mol. The summed E-state index contributed by atoms with van der Waals surface area (Å²) in [7, 11) is -3.03. The molecule has 0 spiro atoms. The van der Waals surface area contributed by atoms with Gasteiger partial charge < -0.3 is 15.4 Å². The maximum Gasteiger partial charge on any atom is 0.148 e. The van der Waals surface area contributed by atoms with E-state index in [9.17, 15) is 12.8 Å². The topological polar surface area (TPSA) is 119 Å². The maximum atomic E-state index is 13.5. The molecular weight excluding hydrogens is 631 g/mol. The van der Waals surface area contributed by atoms with Gasteiger partial charge in [-0.2, -0.15) is 0 Å². The molecule has 5 aromatic rings. The summed E-state index contributed by atoms with van der Waals surface area (Å²) in [6.07, 6.45) is 4.38. The van der Waals surface area contributed by atoms with E-state index >= 15 is 0 Å². The van der Waals surface area contributed by atoms with Gasteiger partial charge in [0.15, 0.2) is 0 Å². The smallest absolute Gasteiger partial charge is 0.148 e. The third-order valence-corrected chi connectivity index (χ3v) is 8.67. The zero-order chi connectivity index (χ0) is 29.0. The van der Waals surface area contributed by atoms with Gasteiger partial charge in [0, 0.05) is 29.3 Å². The Morgan fingerprint density at radius 1 is 1.10 bits per heavy atom. The van der Waals surface area contributed by atoms with Crippen molar-refractivity contribution in [3.8, 4) is 17.1 Å². The molecule has 0 saturated heterocycles. The monoisotopic (exact) mass is 656 g/mol. The molecule has 0 aliphatic carbocycles. The van der Waals surface area contributed by atoms with Gasteiger partial charge in [-0.1, -0.05) is 12.1 Å². The van der Waals surface area contributed by atoms with Crippen LogP contribution in [0.3, 0.4) is 0 Å². The zero-order valence-corrected chi connectivity index (χ0v) is 25.4. The number of aromatic nitrogens is 4. The Hall–Kier alpha value is -3.52. The number of hydrogen-bond acceptors (Lipinski definition) is 10. The lowest BCUT2D eigenvalue weighted by Crippen LogP contribution is -2.25. The van der Waals surface area contributed by atoms with Gasteiger partial charge in [0.2, 0.25) is 0 Å². The van der Waals surface area contributed by atoms with Gasteiger partial charge in [-0.15, -0.1) is 11.3 Å². The van der Waals surface area contributed by atoms with E-state index in [0.29, 0.717) is 35.0 Å². The van der Waals surface area contributed by atoms with Crippen LogP contribution >= 0.6 is 27.3 Å². The number of hydrogen-bond donors (Lipinski definition) is 2. The Bertz CT molecular complexity index is 1800. The number of nitrogens with one attached hydrogen (secondary N) is 2. The minimum Gasteiger partial charge on any atom is -0.488 e. The first-order chi connectivity index (χ1) is 19.6. The average Bonchev–Trinajstić information content (AvgIpc) is 3.43. The highest BCUT2D eigenvalue weighted by Crippen LogP contribution is 2.32. The Balaban J connectivity index is 1.31. The summed E-state index contributed by atoms with van der Waals surface area (Å²) in [5.74, 6) is 0.992. The quantitative estimate of drug-likeness (QED) is 0.175. The highest BCUT2D eigenvalue weighted by atomic mass is 79.9. The standard InChI is InChI=1S/C28H26BrFN6O3S2/c1-17(31-8-9-41(2,37)38)28-36-25(15-40-28)23-12-21-24(13-32-23)33-16-34-27(21)35-20-6-7-26(22(29)11-20)39-14-18-4-3-5-19(30)10-18/h3-7,10-13,15-17,31H,8-9,14H2,1-2H3,(H,33,34,35). The molecule has 1 unspecified atom stereocenters. The third-order valence-electron chi connectivity index (χ3n) is 6.08. The molecular formula is C28H26BrFN6O3S2. The minimum atomic E-state index is -3.03. The fraction of sp³-hybridized carbons (Fsp3) is 0.214. The Labute approximate surface area is 249 Å². The van der Waals surface area contributed by atoms with Gasteiger partial charge in [-0.25, -0.2) is 27.8 Å². The van der Waals surface area contributed by atoms with Gasteiger partial charge in [-0.05, 0) is 64.8 Å². The molecule has 2 N–H and O–H groups in total. The van der Waals surface area contributed by atoms with Gasteiger partial charge in [0.25, 0.3) is 0 Å². The van der Waals surface area contributed by atoms with Crippen LogP contribution in [0, 0.1) is 5.82 Å². The molecule has 1 atom stereocenters. The van der Waals surface area contributed by atoms with Crippen molar-refractivity contribution in [2.24, 2.45) is 0 Å². The number of halogens is 2. The second kappa shape index (κ2) is 12.6. The molecule has 3 heterocycles. The van der Waals surface area contributed by atoms with Crippen molar-refractivity contribution in [1.82, 2.24) is 25.3 Å². The maximum absolute atomic E-state index is 13.5. The number of pyridine rings is 1. The number of nitrogens with zero attached hydrogens (tertiary/aromatic N) is 4. The van der Waals surface area contributed by atoms with Crippen LogP contribution < -0.4 is 15.4 Å². The van der Waals surface area contributed by atoms with Crippen LogP contribution in [0.2, 0.25) is 0 Å². The molecule has 0 bridgehead atoms. The Morgan fingerprint density at radius 3 is 2.73 bits per heavy atom. The minimum absolute atomic E-state index is 0.0683. The lowest BCUT2D eigenvalue weighted by molar-refractivity contribution is 0.303. The van der Waals surface area contributed by atoms with Crippen molar-refractivity contribution in [2.75, 3.05) is 23.9 Å². The summed E-state index contributed by atoms with van der Waals surface area (Å²) in [6, 6.07) is 13.7. The fourth-order valence-electron chi connectivity index (χ4n) is 3.97. The molecule has 0 fully saturated rings. The summed E-state index contributed by atoms with van der Waals surface area (Å²) in [4.78, 5) is 18.1. The molecule has 0 aliphatic heterocycles. The van der Waals surface area contributed by atoms with Crippen LogP contribution in [-0.4, -0.2) is 46.9 Å². The number of benzene rings is 2. The summed E-state index contributed by atoms with van der Waals surface area (Å²) in [5.41, 5.74) is 3.57. The van der Waals surface area contributed by atoms with Gasteiger partial charge in [-0.3, -0.25) is 4.98 Å². The third kappa shape index (κ3) is 7.61. The van der Waals surface area contributed by atoms with Crippen LogP contribution in [0.5, 0.6) is 5.75 Å². The van der Waals surface area contributed by atoms with Crippen LogP contribution in [0.25, 0.3) is 22.3 Å². The van der Waals surface area contributed by atoms with E-state index < -0.39 is 9.84 Å². The highest BCUT2D eigenvalue weighted by Gasteiger charge is 2.15. The van der Waals surface area contributed by atoms with Crippen molar-refractivity contribution < 1.29 is 17.5 Å². The van der Waals surface area contributed by atoms with Crippen molar-refractivity contribution in [3.05, 3.63) is 87.3 Å². The molecule has 3 aromatic heterocycles. The molecule has 41 heavy (non-hydrogen) atoms. The number of rotatable bonds is 11. The van der Waals surface area contributed by atoms with Crippen molar-refractivity contribution in [1.29, 1.82) is 0 Å². The highest BCUT2D eigenvalue weighted by molar-refractivity contribution is 9.10. The van der Waals surface area contributed by atoms with Gasteiger partial charge in [0.1, 0.15) is 45.2 Å². The van der Waals surface area contributed by atoms with E-state index in [1.54, 1.807) is 12.3 Å². The van der Waals surface area contributed by atoms with E-state index in [-0.39, 0.29) is 24.2 Å². The van der Waals surface area contributed by atoms with Crippen LogP contribution in [-0.2, 0) is 16.4 Å². The van der Waals surface area contributed by atoms with E-state index in [0.717, 1.165) is 26.1 Å². The second-order valence-corrected chi connectivity index (χ2v) is 13.4. The van der Waals surface area contributed by atoms with E-state index in [4.69, 9.17) is 9.72 Å². The first kappa shape index (κ1) is 29.0. The summed E-state index contributed by atoms with van der Waals surface area (Å²) < 4.78 is 42.9. The van der Waals surface area contributed by atoms with Crippen LogP contribution in [0.4, 0.5) is 15.9 Å². The lowest BCUT2D eigenvalue weighted by atomic mass is 10.2. The number of sulfone groups is 1. The summed E-state index contributed by atoms with van der Waals surface area (Å²) in [6.45, 7) is 2.54.